The Kier molecular flexibility index (Phi) is 11.7. The highest BCUT2D eigenvalue weighted by Crippen LogP contribution is 2.31. The van der Waals surface area contributed by atoms with Gasteiger partial charge in [-0.2, -0.15) is 0 Å². The summed E-state index contributed by atoms with van der Waals surface area (Å²) in [6.07, 6.45) is 2.00. The molecule has 0 aliphatic carbocycles. The molecule has 7 nitrogen and oxygen atoms in total. The molecule has 0 aliphatic heterocycles. The summed E-state index contributed by atoms with van der Waals surface area (Å²) in [4.78, 5) is 9.10. The molecule has 0 radical (unpaired) electrons. The molecule has 204 valence electrons. The molecular weight excluding hydrogens is 464 g/mol. The number of hydrogen-bond acceptors (Lipinski definition) is 7. The van der Waals surface area contributed by atoms with Crippen LogP contribution < -0.4 is 9.47 Å². The quantitative estimate of drug-likeness (QED) is 0.246. The van der Waals surface area contributed by atoms with Crippen LogP contribution in [0, 0.1) is 0 Å². The monoisotopic (exact) mass is 510 g/mol. The van der Waals surface area contributed by atoms with E-state index in [1.54, 1.807) is 0 Å². The predicted molar refractivity (Wildman–Crippen MR) is 154 cm³/mol. The van der Waals surface area contributed by atoms with E-state index in [0.29, 0.717) is 13.2 Å². The van der Waals surface area contributed by atoms with Crippen molar-refractivity contribution in [2.75, 3.05) is 94.8 Å². The Hall–Kier alpha value is -2.58. The maximum absolute atomic E-state index is 6.16. The van der Waals surface area contributed by atoms with Gasteiger partial charge in [0.25, 0.3) is 0 Å². The van der Waals surface area contributed by atoms with Gasteiger partial charge < -0.3 is 33.5 Å². The van der Waals surface area contributed by atoms with Crippen LogP contribution in [0.5, 0.6) is 11.5 Å². The summed E-state index contributed by atoms with van der Waals surface area (Å²) in [5, 5.41) is 1.07. The van der Waals surface area contributed by atoms with Gasteiger partial charge >= 0.3 is 0 Å². The van der Waals surface area contributed by atoms with Crippen LogP contribution in [0.4, 0.5) is 0 Å². The lowest BCUT2D eigenvalue weighted by Crippen LogP contribution is -2.29. The first-order valence-corrected chi connectivity index (χ1v) is 13.4. The summed E-state index contributed by atoms with van der Waals surface area (Å²) in [7, 11) is 12.7. The van der Waals surface area contributed by atoms with Gasteiger partial charge in [-0.1, -0.05) is 0 Å². The molecule has 3 rings (SSSR count). The molecule has 0 atom stereocenters. The molecule has 37 heavy (non-hydrogen) atoms. The van der Waals surface area contributed by atoms with Crippen molar-refractivity contribution in [3.63, 3.8) is 0 Å². The Labute approximate surface area is 223 Å². The summed E-state index contributed by atoms with van der Waals surface area (Å²) in [6, 6.07) is 16.3. The second-order valence-corrected chi connectivity index (χ2v) is 10.5. The van der Waals surface area contributed by atoms with Crippen LogP contribution in [0.25, 0.3) is 22.3 Å². The van der Waals surface area contributed by atoms with Crippen molar-refractivity contribution < 1.29 is 13.9 Å². The molecule has 0 fully saturated rings. The fourth-order valence-electron chi connectivity index (χ4n) is 3.97. The minimum Gasteiger partial charge on any atom is -0.494 e. The van der Waals surface area contributed by atoms with Gasteiger partial charge in [-0.25, -0.2) is 0 Å². The second kappa shape index (κ2) is 15.0. The average Bonchev–Trinajstić information content (AvgIpc) is 3.30. The third-order valence-electron chi connectivity index (χ3n) is 6.39. The van der Waals surface area contributed by atoms with Crippen LogP contribution in [0.1, 0.15) is 12.8 Å². The molecule has 1 aromatic heterocycles. The van der Waals surface area contributed by atoms with E-state index in [9.17, 15) is 0 Å². The van der Waals surface area contributed by atoms with Crippen molar-refractivity contribution in [1.29, 1.82) is 0 Å². The first-order chi connectivity index (χ1) is 17.8. The van der Waals surface area contributed by atoms with Gasteiger partial charge in [0, 0.05) is 56.3 Å². The first-order valence-electron chi connectivity index (χ1n) is 13.4. The Morgan fingerprint density at radius 2 is 1.14 bits per heavy atom. The zero-order valence-corrected chi connectivity index (χ0v) is 23.7. The number of benzene rings is 2. The molecule has 1 heterocycles. The molecule has 0 amide bonds. The van der Waals surface area contributed by atoms with Crippen LogP contribution in [-0.4, -0.2) is 114 Å². The maximum atomic E-state index is 6.16. The van der Waals surface area contributed by atoms with E-state index in [1.165, 1.54) is 0 Å². The smallest absolute Gasteiger partial charge is 0.138 e. The summed E-state index contributed by atoms with van der Waals surface area (Å²) < 4.78 is 18.1. The lowest BCUT2D eigenvalue weighted by Gasteiger charge is -2.19. The normalized spacial score (nSPS) is 11.9. The van der Waals surface area contributed by atoms with Gasteiger partial charge in [0.2, 0.25) is 0 Å². The van der Waals surface area contributed by atoms with E-state index in [2.05, 4.69) is 86.2 Å². The SMILES string of the molecule is CN(C)CCN(C)CCCOc1ccc(-c2cc3ccc(OCCCN(C)CCN(C)C)cc3o2)cc1. The van der Waals surface area contributed by atoms with Crippen molar-refractivity contribution in [3.05, 3.63) is 48.5 Å². The van der Waals surface area contributed by atoms with Crippen LogP contribution >= 0.6 is 0 Å². The summed E-state index contributed by atoms with van der Waals surface area (Å²) in [6.45, 7) is 7.74. The Bertz CT molecular complexity index is 1050. The molecule has 0 saturated heterocycles. The number of rotatable bonds is 17. The van der Waals surface area contributed by atoms with E-state index < -0.39 is 0 Å². The van der Waals surface area contributed by atoms with Gasteiger partial charge in [-0.3, -0.25) is 0 Å². The molecule has 7 heteroatoms. The predicted octanol–water partition coefficient (Wildman–Crippen LogP) is 4.62. The summed E-state index contributed by atoms with van der Waals surface area (Å²) in [5.41, 5.74) is 1.88. The van der Waals surface area contributed by atoms with Crippen LogP contribution in [0.2, 0.25) is 0 Å². The Morgan fingerprint density at radius 1 is 0.595 bits per heavy atom. The minimum atomic E-state index is 0.694. The molecule has 3 aromatic rings. The van der Waals surface area contributed by atoms with Crippen LogP contribution in [0.3, 0.4) is 0 Å². The number of likely N-dealkylation sites (N-methyl/N-ethyl adjacent to an activating group) is 4. The van der Waals surface area contributed by atoms with E-state index in [1.807, 2.05) is 24.3 Å². The highest BCUT2D eigenvalue weighted by Gasteiger charge is 2.09. The highest BCUT2D eigenvalue weighted by molar-refractivity contribution is 5.84. The van der Waals surface area contributed by atoms with Crippen LogP contribution in [-0.2, 0) is 0 Å². The Morgan fingerprint density at radius 3 is 1.70 bits per heavy atom. The molecule has 2 aromatic carbocycles. The molecule has 0 saturated carbocycles. The van der Waals surface area contributed by atoms with Crippen molar-refractivity contribution in [2.24, 2.45) is 0 Å². The van der Waals surface area contributed by atoms with E-state index in [0.717, 1.165) is 85.9 Å². The molecule has 0 N–H and O–H groups in total. The lowest BCUT2D eigenvalue weighted by atomic mass is 10.1. The van der Waals surface area contributed by atoms with Crippen molar-refractivity contribution in [1.82, 2.24) is 19.6 Å². The van der Waals surface area contributed by atoms with Gasteiger partial charge in [0.15, 0.2) is 0 Å². The third-order valence-corrected chi connectivity index (χ3v) is 6.39. The number of furan rings is 1. The Balaban J connectivity index is 1.44. The fraction of sp³-hybridized carbons (Fsp3) is 0.533. The number of hydrogen-bond donors (Lipinski definition) is 0. The van der Waals surface area contributed by atoms with E-state index in [-0.39, 0.29) is 0 Å². The number of nitrogens with zero attached hydrogens (tertiary/aromatic N) is 4. The number of ether oxygens (including phenoxy) is 2. The van der Waals surface area contributed by atoms with Crippen molar-refractivity contribution in [2.45, 2.75) is 12.8 Å². The average molecular weight is 511 g/mol. The zero-order chi connectivity index (χ0) is 26.6. The summed E-state index contributed by atoms with van der Waals surface area (Å²) in [5.74, 6) is 2.59. The van der Waals surface area contributed by atoms with Gasteiger partial charge in [0.1, 0.15) is 22.8 Å². The molecular formula is C30H46N4O3. The zero-order valence-electron chi connectivity index (χ0n) is 23.7. The van der Waals surface area contributed by atoms with Crippen molar-refractivity contribution in [3.8, 4) is 22.8 Å². The largest absolute Gasteiger partial charge is 0.494 e. The van der Waals surface area contributed by atoms with Gasteiger partial charge in [0.05, 0.1) is 13.2 Å². The molecule has 0 aliphatic rings. The minimum absolute atomic E-state index is 0.694. The second-order valence-electron chi connectivity index (χ2n) is 10.5. The van der Waals surface area contributed by atoms with Gasteiger partial charge in [-0.15, -0.1) is 0 Å². The molecule has 0 bridgehead atoms. The van der Waals surface area contributed by atoms with Gasteiger partial charge in [-0.05, 0) is 97.6 Å². The van der Waals surface area contributed by atoms with Crippen molar-refractivity contribution >= 4 is 11.0 Å². The van der Waals surface area contributed by atoms with E-state index >= 15 is 0 Å². The molecule has 0 spiro atoms. The molecule has 0 unspecified atom stereocenters. The standard InChI is InChI=1S/C30H46N4O3/c1-31(2)17-19-33(5)15-7-21-35-27-12-9-25(10-13-27)29-23-26-11-14-28(24-30(26)37-29)36-22-8-16-34(6)20-18-32(3)4/h9-14,23-24H,7-8,15-22H2,1-6H3. The topological polar surface area (TPSA) is 44.6 Å². The third kappa shape index (κ3) is 10.4. The van der Waals surface area contributed by atoms with Crippen LogP contribution in [0.15, 0.2) is 52.9 Å². The lowest BCUT2D eigenvalue weighted by molar-refractivity contribution is 0.245. The fourth-order valence-corrected chi connectivity index (χ4v) is 3.97. The maximum Gasteiger partial charge on any atom is 0.138 e. The number of fused-ring (bicyclic) bond motifs is 1. The summed E-state index contributed by atoms with van der Waals surface area (Å²) >= 11 is 0. The highest BCUT2D eigenvalue weighted by atomic mass is 16.5. The first kappa shape index (κ1) is 29.0. The van der Waals surface area contributed by atoms with E-state index in [4.69, 9.17) is 13.9 Å².